The standard InChI is InChI=1S/C24H25N3O2/c1-2-21(28)24-20(14-17(15-22(24)29)16-8-4-3-5-9-16)25-13-12-23-26-18-10-6-7-11-19(18)27-23/h3-11,17,28H,2,12-15H2,1H3,(H,26,27)/b24-21-,25-20?. The van der Waals surface area contributed by atoms with Crippen molar-refractivity contribution in [1.82, 2.24) is 9.97 Å². The number of allylic oxidation sites excluding steroid dienone is 2. The molecule has 148 valence electrons. The highest BCUT2D eigenvalue weighted by molar-refractivity contribution is 6.24. The van der Waals surface area contributed by atoms with Gasteiger partial charge in [0.05, 0.1) is 16.6 Å². The van der Waals surface area contributed by atoms with Gasteiger partial charge in [-0.25, -0.2) is 4.98 Å². The minimum absolute atomic E-state index is 0.0214. The van der Waals surface area contributed by atoms with Gasteiger partial charge >= 0.3 is 0 Å². The van der Waals surface area contributed by atoms with Crippen LogP contribution in [0.25, 0.3) is 11.0 Å². The first kappa shape index (κ1) is 19.1. The van der Waals surface area contributed by atoms with E-state index in [1.807, 2.05) is 49.4 Å². The Bertz CT molecular complexity index is 1050. The first-order valence-corrected chi connectivity index (χ1v) is 10.1. The SMILES string of the molecule is CC/C(O)=C1/C(=O)CC(c2ccccc2)CC1=NCCc1nc2ccccc2[nH]1. The summed E-state index contributed by atoms with van der Waals surface area (Å²) in [4.78, 5) is 25.5. The summed E-state index contributed by atoms with van der Waals surface area (Å²) in [6, 6.07) is 18.0. The number of aliphatic imine (C=N–C) groups is 1. The van der Waals surface area contributed by atoms with E-state index in [1.165, 1.54) is 0 Å². The van der Waals surface area contributed by atoms with Crippen LogP contribution in [0.3, 0.4) is 0 Å². The molecule has 1 saturated carbocycles. The van der Waals surface area contributed by atoms with Crippen LogP contribution in [0.5, 0.6) is 0 Å². The number of benzene rings is 2. The third kappa shape index (κ3) is 4.14. The van der Waals surface area contributed by atoms with Crippen molar-refractivity contribution in [2.75, 3.05) is 6.54 Å². The number of rotatable bonds is 5. The van der Waals surface area contributed by atoms with Crippen molar-refractivity contribution >= 4 is 22.5 Å². The maximum Gasteiger partial charge on any atom is 0.168 e. The van der Waals surface area contributed by atoms with Crippen molar-refractivity contribution in [1.29, 1.82) is 0 Å². The lowest BCUT2D eigenvalue weighted by Gasteiger charge is -2.26. The molecular formula is C24H25N3O2. The fraction of sp³-hybridized carbons (Fsp3) is 0.292. The van der Waals surface area contributed by atoms with Crippen LogP contribution in [-0.4, -0.2) is 33.1 Å². The summed E-state index contributed by atoms with van der Waals surface area (Å²) in [5.41, 5.74) is 4.23. The molecule has 1 aliphatic rings. The number of aliphatic hydroxyl groups is 1. The fourth-order valence-corrected chi connectivity index (χ4v) is 3.92. The number of nitrogens with one attached hydrogen (secondary N) is 1. The van der Waals surface area contributed by atoms with Gasteiger partial charge in [-0.1, -0.05) is 49.4 Å². The lowest BCUT2D eigenvalue weighted by molar-refractivity contribution is -0.115. The van der Waals surface area contributed by atoms with Gasteiger partial charge in [0.15, 0.2) is 5.78 Å². The number of aliphatic hydroxyl groups excluding tert-OH is 1. The number of hydrogen-bond acceptors (Lipinski definition) is 4. The highest BCUT2D eigenvalue weighted by Crippen LogP contribution is 2.33. The molecular weight excluding hydrogens is 362 g/mol. The molecule has 2 aromatic carbocycles. The lowest BCUT2D eigenvalue weighted by Crippen LogP contribution is -2.27. The van der Waals surface area contributed by atoms with E-state index in [1.54, 1.807) is 0 Å². The highest BCUT2D eigenvalue weighted by Gasteiger charge is 2.31. The van der Waals surface area contributed by atoms with Crippen molar-refractivity contribution in [2.45, 2.75) is 38.5 Å². The van der Waals surface area contributed by atoms with Gasteiger partial charge in [0, 0.05) is 31.5 Å². The van der Waals surface area contributed by atoms with Gasteiger partial charge in [0.1, 0.15) is 11.6 Å². The number of fused-ring (bicyclic) bond motifs is 1. The summed E-state index contributed by atoms with van der Waals surface area (Å²) in [6.07, 6.45) is 2.16. The molecule has 1 aromatic heterocycles. The molecule has 5 heteroatoms. The van der Waals surface area contributed by atoms with Crippen LogP contribution in [0, 0.1) is 0 Å². The molecule has 1 aliphatic carbocycles. The normalized spacial score (nSPS) is 20.4. The maximum atomic E-state index is 12.8. The average Bonchev–Trinajstić information content (AvgIpc) is 3.16. The molecule has 1 unspecified atom stereocenters. The molecule has 3 aromatic rings. The van der Waals surface area contributed by atoms with Gasteiger partial charge in [-0.05, 0) is 30.0 Å². The topological polar surface area (TPSA) is 78.3 Å². The Morgan fingerprint density at radius 1 is 1.14 bits per heavy atom. The number of ketones is 1. The van der Waals surface area contributed by atoms with E-state index in [0.717, 1.165) is 22.4 Å². The molecule has 0 spiro atoms. The Kier molecular flexibility index (Phi) is 5.56. The highest BCUT2D eigenvalue weighted by atomic mass is 16.3. The minimum atomic E-state index is -0.0214. The molecule has 5 nitrogen and oxygen atoms in total. The number of H-pyrrole nitrogens is 1. The largest absolute Gasteiger partial charge is 0.512 e. The van der Waals surface area contributed by atoms with Crippen LogP contribution in [0.15, 0.2) is 70.9 Å². The Morgan fingerprint density at radius 2 is 1.90 bits per heavy atom. The van der Waals surface area contributed by atoms with E-state index < -0.39 is 0 Å². The van der Waals surface area contributed by atoms with Gasteiger partial charge in [0.25, 0.3) is 0 Å². The molecule has 2 N–H and O–H groups in total. The van der Waals surface area contributed by atoms with Crippen molar-refractivity contribution < 1.29 is 9.90 Å². The predicted octanol–water partition coefficient (Wildman–Crippen LogP) is 4.92. The van der Waals surface area contributed by atoms with Crippen molar-refractivity contribution in [3.8, 4) is 0 Å². The Morgan fingerprint density at radius 3 is 2.66 bits per heavy atom. The number of carbonyl (C=O) groups is 1. The van der Waals surface area contributed by atoms with Crippen LogP contribution in [0.1, 0.15) is 43.5 Å². The Labute approximate surface area is 170 Å². The summed E-state index contributed by atoms with van der Waals surface area (Å²) in [6.45, 7) is 2.37. The second kappa shape index (κ2) is 8.43. The first-order valence-electron chi connectivity index (χ1n) is 10.1. The second-order valence-corrected chi connectivity index (χ2v) is 7.39. The zero-order chi connectivity index (χ0) is 20.2. The van der Waals surface area contributed by atoms with E-state index in [-0.39, 0.29) is 17.5 Å². The summed E-state index contributed by atoms with van der Waals surface area (Å²) >= 11 is 0. The summed E-state index contributed by atoms with van der Waals surface area (Å²) in [5.74, 6) is 1.10. The number of hydrogen-bond donors (Lipinski definition) is 2. The molecule has 1 atom stereocenters. The van der Waals surface area contributed by atoms with E-state index in [0.29, 0.717) is 43.5 Å². The molecule has 0 saturated heterocycles. The van der Waals surface area contributed by atoms with E-state index in [4.69, 9.17) is 4.99 Å². The van der Waals surface area contributed by atoms with Crippen LogP contribution >= 0.6 is 0 Å². The molecule has 29 heavy (non-hydrogen) atoms. The number of imidazole rings is 1. The third-order valence-corrected chi connectivity index (χ3v) is 5.42. The number of para-hydroxylation sites is 2. The van der Waals surface area contributed by atoms with E-state index in [2.05, 4.69) is 22.1 Å². The molecule has 0 bridgehead atoms. The number of aromatic amines is 1. The van der Waals surface area contributed by atoms with Crippen LogP contribution in [0.2, 0.25) is 0 Å². The molecule has 1 heterocycles. The first-order chi connectivity index (χ1) is 14.2. The quantitative estimate of drug-likeness (QED) is 0.482. The summed E-state index contributed by atoms with van der Waals surface area (Å²) in [5, 5.41) is 10.4. The summed E-state index contributed by atoms with van der Waals surface area (Å²) < 4.78 is 0. The lowest BCUT2D eigenvalue weighted by atomic mass is 9.79. The second-order valence-electron chi connectivity index (χ2n) is 7.39. The molecule has 0 amide bonds. The Balaban J connectivity index is 1.57. The monoisotopic (exact) mass is 387 g/mol. The van der Waals surface area contributed by atoms with Gasteiger partial charge < -0.3 is 10.1 Å². The number of aromatic nitrogens is 2. The number of Topliss-reactive ketones (excluding diaryl/α,β-unsaturated/α-hetero) is 1. The van der Waals surface area contributed by atoms with Gasteiger partial charge in [-0.2, -0.15) is 0 Å². The van der Waals surface area contributed by atoms with Gasteiger partial charge in [0.2, 0.25) is 0 Å². The fourth-order valence-electron chi connectivity index (χ4n) is 3.92. The zero-order valence-corrected chi connectivity index (χ0v) is 16.6. The van der Waals surface area contributed by atoms with Crippen LogP contribution in [-0.2, 0) is 11.2 Å². The molecule has 4 rings (SSSR count). The zero-order valence-electron chi connectivity index (χ0n) is 16.6. The number of nitrogens with zero attached hydrogens (tertiary/aromatic N) is 2. The molecule has 0 radical (unpaired) electrons. The average molecular weight is 387 g/mol. The number of carbonyl (C=O) groups excluding carboxylic acids is 1. The van der Waals surface area contributed by atoms with Crippen molar-refractivity contribution in [3.63, 3.8) is 0 Å². The molecule has 0 aliphatic heterocycles. The molecule has 1 fully saturated rings. The van der Waals surface area contributed by atoms with Crippen LogP contribution < -0.4 is 0 Å². The van der Waals surface area contributed by atoms with E-state index >= 15 is 0 Å². The third-order valence-electron chi connectivity index (χ3n) is 5.42. The minimum Gasteiger partial charge on any atom is -0.512 e. The van der Waals surface area contributed by atoms with Gasteiger partial charge in [-0.3, -0.25) is 9.79 Å². The van der Waals surface area contributed by atoms with Crippen LogP contribution in [0.4, 0.5) is 0 Å². The van der Waals surface area contributed by atoms with Gasteiger partial charge in [-0.15, -0.1) is 0 Å². The predicted molar refractivity (Wildman–Crippen MR) is 115 cm³/mol. The van der Waals surface area contributed by atoms with Crippen molar-refractivity contribution in [3.05, 3.63) is 77.3 Å². The van der Waals surface area contributed by atoms with E-state index in [9.17, 15) is 9.90 Å². The summed E-state index contributed by atoms with van der Waals surface area (Å²) in [7, 11) is 0. The Hall–Kier alpha value is -3.21. The van der Waals surface area contributed by atoms with Crippen molar-refractivity contribution in [2.24, 2.45) is 4.99 Å². The smallest absolute Gasteiger partial charge is 0.168 e. The maximum absolute atomic E-state index is 12.8.